The molecule has 0 aliphatic rings. The van der Waals surface area contributed by atoms with Gasteiger partial charge < -0.3 is 4.90 Å². The van der Waals surface area contributed by atoms with E-state index in [0.29, 0.717) is 22.9 Å². The summed E-state index contributed by atoms with van der Waals surface area (Å²) >= 11 is 1.23. The number of nitrogens with zero attached hydrogens (tertiary/aromatic N) is 3. The molecule has 1 amide bonds. The van der Waals surface area contributed by atoms with E-state index in [2.05, 4.69) is 9.88 Å². The summed E-state index contributed by atoms with van der Waals surface area (Å²) in [5.74, 6) is -1.08. The molecule has 0 saturated heterocycles. The number of rotatable bonds is 10. The zero-order chi connectivity index (χ0) is 23.3. The van der Waals surface area contributed by atoms with Crippen molar-refractivity contribution in [3.63, 3.8) is 0 Å². The Kier molecular flexibility index (Phi) is 9.78. The number of thiazole rings is 1. The quantitative estimate of drug-likeness (QED) is 0.393. The van der Waals surface area contributed by atoms with Gasteiger partial charge in [0.05, 0.1) is 15.3 Å². The van der Waals surface area contributed by atoms with Crippen LogP contribution >= 0.6 is 23.7 Å². The van der Waals surface area contributed by atoms with Crippen LogP contribution in [0.15, 0.2) is 47.4 Å². The Morgan fingerprint density at radius 1 is 1.06 bits per heavy atom. The Labute approximate surface area is 204 Å². The molecule has 0 saturated carbocycles. The average Bonchev–Trinajstić information content (AvgIpc) is 3.21. The Bertz CT molecular complexity index is 1180. The summed E-state index contributed by atoms with van der Waals surface area (Å²) in [6.07, 6.45) is -0.174. The van der Waals surface area contributed by atoms with E-state index in [4.69, 9.17) is 0 Å². The summed E-state index contributed by atoms with van der Waals surface area (Å²) in [6, 6.07) is 11.3. The number of carbonyl (C=O) groups is 1. The van der Waals surface area contributed by atoms with E-state index in [1.54, 1.807) is 36.4 Å². The Balaban J connectivity index is 0.00000385. The number of aryl methyl sites for hydroxylation is 1. The second-order valence-electron chi connectivity index (χ2n) is 7.54. The molecule has 0 fully saturated rings. The van der Waals surface area contributed by atoms with Crippen LogP contribution in [0.1, 0.15) is 25.8 Å². The van der Waals surface area contributed by atoms with Crippen molar-refractivity contribution in [2.75, 3.05) is 36.8 Å². The molecule has 10 heteroatoms. The maximum Gasteiger partial charge on any atom is 0.229 e. The summed E-state index contributed by atoms with van der Waals surface area (Å²) in [5.41, 5.74) is 1.19. The molecule has 0 radical (unpaired) electrons. The van der Waals surface area contributed by atoms with Crippen LogP contribution in [0.5, 0.6) is 0 Å². The SMILES string of the molecule is CCN(CC)CCN(C(=O)CCS(=O)(=O)c1ccc(C)cc1)c1nc2c(F)cccc2s1.Cl. The first-order valence-electron chi connectivity index (χ1n) is 10.6. The maximum absolute atomic E-state index is 14.2. The summed E-state index contributed by atoms with van der Waals surface area (Å²) in [6.45, 7) is 8.58. The largest absolute Gasteiger partial charge is 0.302 e. The number of hydrogen-bond donors (Lipinski definition) is 0. The van der Waals surface area contributed by atoms with Crippen molar-refractivity contribution in [3.8, 4) is 0 Å². The van der Waals surface area contributed by atoms with Gasteiger partial charge in [0.15, 0.2) is 15.0 Å². The maximum atomic E-state index is 14.2. The molecule has 0 bridgehead atoms. The van der Waals surface area contributed by atoms with Crippen LogP contribution < -0.4 is 4.90 Å². The van der Waals surface area contributed by atoms with E-state index in [9.17, 15) is 17.6 Å². The number of sulfone groups is 1. The van der Waals surface area contributed by atoms with Crippen LogP contribution in [0.4, 0.5) is 9.52 Å². The van der Waals surface area contributed by atoms with Crippen molar-refractivity contribution in [1.82, 2.24) is 9.88 Å². The van der Waals surface area contributed by atoms with E-state index >= 15 is 0 Å². The molecule has 33 heavy (non-hydrogen) atoms. The minimum Gasteiger partial charge on any atom is -0.302 e. The van der Waals surface area contributed by atoms with Crippen LogP contribution in [0.3, 0.4) is 0 Å². The topological polar surface area (TPSA) is 70.6 Å². The highest BCUT2D eigenvalue weighted by Gasteiger charge is 2.24. The molecule has 1 aromatic heterocycles. The van der Waals surface area contributed by atoms with E-state index in [1.807, 2.05) is 20.8 Å². The first-order valence-corrected chi connectivity index (χ1v) is 13.1. The zero-order valence-corrected chi connectivity index (χ0v) is 21.4. The third-order valence-electron chi connectivity index (χ3n) is 5.39. The fraction of sp³-hybridized carbons (Fsp3) is 0.391. The van der Waals surface area contributed by atoms with Gasteiger partial charge in [-0.3, -0.25) is 9.69 Å². The average molecular weight is 514 g/mol. The molecule has 1 heterocycles. The van der Waals surface area contributed by atoms with E-state index in [0.717, 1.165) is 18.7 Å². The summed E-state index contributed by atoms with van der Waals surface area (Å²) < 4.78 is 40.2. The van der Waals surface area contributed by atoms with Gasteiger partial charge in [-0.1, -0.05) is 48.9 Å². The number of likely N-dealkylation sites (N-methyl/N-ethyl adjacent to an activating group) is 1. The van der Waals surface area contributed by atoms with Gasteiger partial charge in [0.1, 0.15) is 11.3 Å². The van der Waals surface area contributed by atoms with Gasteiger partial charge in [0, 0.05) is 19.5 Å². The molecule has 0 spiro atoms. The normalized spacial score (nSPS) is 11.5. The Morgan fingerprint density at radius 3 is 2.33 bits per heavy atom. The lowest BCUT2D eigenvalue weighted by Gasteiger charge is -2.24. The van der Waals surface area contributed by atoms with Crippen molar-refractivity contribution < 1.29 is 17.6 Å². The molecule has 0 unspecified atom stereocenters. The summed E-state index contributed by atoms with van der Waals surface area (Å²) in [5, 5.41) is 0.384. The fourth-order valence-corrected chi connectivity index (χ4v) is 5.60. The number of fused-ring (bicyclic) bond motifs is 1. The first-order chi connectivity index (χ1) is 15.2. The molecule has 2 aromatic carbocycles. The molecule has 0 aliphatic carbocycles. The molecule has 0 N–H and O–H groups in total. The van der Waals surface area contributed by atoms with Crippen molar-refractivity contribution >= 4 is 54.8 Å². The lowest BCUT2D eigenvalue weighted by atomic mass is 10.2. The minimum absolute atomic E-state index is 0. The number of amides is 1. The molecule has 180 valence electrons. The Hall–Kier alpha value is -2.07. The third-order valence-corrected chi connectivity index (χ3v) is 8.17. The number of para-hydroxylation sites is 1. The molecule has 6 nitrogen and oxygen atoms in total. The van der Waals surface area contributed by atoms with Crippen LogP contribution in [-0.4, -0.2) is 56.1 Å². The van der Waals surface area contributed by atoms with Crippen molar-refractivity contribution in [1.29, 1.82) is 0 Å². The molecule has 3 aromatic rings. The summed E-state index contributed by atoms with van der Waals surface area (Å²) in [7, 11) is -3.59. The van der Waals surface area contributed by atoms with Crippen molar-refractivity contribution in [2.45, 2.75) is 32.1 Å². The standard InChI is InChI=1S/C23H28FN3O3S2.ClH/c1-4-26(5-2)14-15-27(23-25-22-19(24)7-6-8-20(22)31-23)21(28)13-16-32(29,30)18-11-9-17(3)10-12-18;/h6-12H,4-5,13-16H2,1-3H3;1H. The number of aromatic nitrogens is 1. The monoisotopic (exact) mass is 513 g/mol. The van der Waals surface area contributed by atoms with E-state index in [-0.39, 0.29) is 40.9 Å². The second kappa shape index (κ2) is 11.9. The molecule has 0 aliphatic heterocycles. The highest BCUT2D eigenvalue weighted by molar-refractivity contribution is 7.91. The lowest BCUT2D eigenvalue weighted by Crippen LogP contribution is -2.39. The fourth-order valence-electron chi connectivity index (χ4n) is 3.35. The van der Waals surface area contributed by atoms with Gasteiger partial charge in [-0.15, -0.1) is 12.4 Å². The highest BCUT2D eigenvalue weighted by Crippen LogP contribution is 2.30. The number of hydrogen-bond acceptors (Lipinski definition) is 6. The van der Waals surface area contributed by atoms with Gasteiger partial charge in [-0.25, -0.2) is 17.8 Å². The number of halogens is 2. The van der Waals surface area contributed by atoms with Gasteiger partial charge >= 0.3 is 0 Å². The zero-order valence-electron chi connectivity index (χ0n) is 19.0. The van der Waals surface area contributed by atoms with Gasteiger partial charge in [-0.05, 0) is 44.3 Å². The first kappa shape index (κ1) is 27.2. The molecule has 3 rings (SSSR count). The van der Waals surface area contributed by atoms with Crippen LogP contribution in [0.2, 0.25) is 0 Å². The smallest absolute Gasteiger partial charge is 0.229 e. The van der Waals surface area contributed by atoms with Gasteiger partial charge in [0.2, 0.25) is 5.91 Å². The van der Waals surface area contributed by atoms with E-state index in [1.165, 1.54) is 22.3 Å². The lowest BCUT2D eigenvalue weighted by molar-refractivity contribution is -0.118. The molecular weight excluding hydrogens is 485 g/mol. The Morgan fingerprint density at radius 2 is 1.73 bits per heavy atom. The van der Waals surface area contributed by atoms with Gasteiger partial charge in [0.25, 0.3) is 0 Å². The van der Waals surface area contributed by atoms with Crippen molar-refractivity contribution in [2.24, 2.45) is 0 Å². The second-order valence-corrected chi connectivity index (χ2v) is 10.7. The third kappa shape index (κ3) is 6.72. The number of benzene rings is 2. The minimum atomic E-state index is -3.59. The molecular formula is C23H29ClFN3O3S2. The highest BCUT2D eigenvalue weighted by atomic mass is 35.5. The predicted octanol–water partition coefficient (Wildman–Crippen LogP) is 4.70. The summed E-state index contributed by atoms with van der Waals surface area (Å²) in [4.78, 5) is 21.4. The number of anilines is 1. The van der Waals surface area contributed by atoms with E-state index < -0.39 is 15.7 Å². The van der Waals surface area contributed by atoms with Crippen LogP contribution in [0, 0.1) is 12.7 Å². The van der Waals surface area contributed by atoms with Crippen LogP contribution in [-0.2, 0) is 14.6 Å². The molecule has 0 atom stereocenters. The van der Waals surface area contributed by atoms with Crippen molar-refractivity contribution in [3.05, 3.63) is 53.8 Å². The number of carbonyl (C=O) groups excluding carboxylic acids is 1. The van der Waals surface area contributed by atoms with Gasteiger partial charge in [-0.2, -0.15) is 0 Å². The van der Waals surface area contributed by atoms with Crippen LogP contribution in [0.25, 0.3) is 10.2 Å². The predicted molar refractivity (Wildman–Crippen MR) is 135 cm³/mol.